The number of unbranched alkanes of at least 4 members (excludes halogenated alkanes) is 3. The summed E-state index contributed by atoms with van der Waals surface area (Å²) in [5.74, 6) is 0.601. The molecule has 1 aliphatic heterocycles. The molecule has 0 fully saturated rings. The Labute approximate surface area is 125 Å². The van der Waals surface area contributed by atoms with Gasteiger partial charge in [0.1, 0.15) is 5.69 Å². The number of aromatic nitrogens is 2. The van der Waals surface area contributed by atoms with Crippen LogP contribution in [0.5, 0.6) is 5.88 Å². The Bertz CT molecular complexity index is 455. The van der Waals surface area contributed by atoms with E-state index >= 15 is 0 Å². The summed E-state index contributed by atoms with van der Waals surface area (Å²) in [4.78, 5) is 2.06. The fourth-order valence-corrected chi connectivity index (χ4v) is 2.70. The van der Waals surface area contributed by atoms with Crippen LogP contribution in [0.4, 0.5) is 4.39 Å². The van der Waals surface area contributed by atoms with Crippen molar-refractivity contribution in [2.24, 2.45) is 0 Å². The zero-order valence-corrected chi connectivity index (χ0v) is 12.5. The molecule has 0 N–H and O–H groups in total. The van der Waals surface area contributed by atoms with Gasteiger partial charge < -0.3 is 9.64 Å². The van der Waals surface area contributed by atoms with Gasteiger partial charge in [0.15, 0.2) is 0 Å². The second-order valence-corrected chi connectivity index (χ2v) is 5.47. The smallest absolute Gasteiger partial charge is 0.253 e. The van der Waals surface area contributed by atoms with E-state index in [2.05, 4.69) is 19.7 Å². The molecule has 0 saturated heterocycles. The van der Waals surface area contributed by atoms with E-state index in [-0.39, 0.29) is 6.67 Å². The van der Waals surface area contributed by atoms with Crippen LogP contribution in [0.15, 0.2) is 6.08 Å². The maximum absolute atomic E-state index is 12.0. The number of likely N-dealkylation sites (N-methyl/N-ethyl adjacent to an activating group) is 1. The van der Waals surface area contributed by atoms with Crippen molar-refractivity contribution in [2.75, 3.05) is 33.4 Å². The molecular weight excluding hydrogens is 277 g/mol. The molecular formula is C14H22FN3OS. The van der Waals surface area contributed by atoms with Crippen molar-refractivity contribution in [2.45, 2.75) is 32.1 Å². The molecule has 1 aliphatic rings. The first-order valence-corrected chi connectivity index (χ1v) is 7.80. The zero-order chi connectivity index (χ0) is 14.9. The summed E-state index contributed by atoms with van der Waals surface area (Å²) < 4.78 is 33.7. The molecule has 1 aromatic heterocycles. The number of halogens is 1. The predicted molar refractivity (Wildman–Crippen MR) is 79.9 cm³/mol. The molecule has 6 heteroatoms. The predicted octanol–water partition coefficient (Wildman–Crippen LogP) is 3.17. The minimum atomic E-state index is -0.234. The van der Waals surface area contributed by atoms with Crippen molar-refractivity contribution in [1.29, 1.82) is 0 Å². The van der Waals surface area contributed by atoms with Crippen LogP contribution in [0.25, 0.3) is 5.57 Å². The number of alkyl halides is 1. The minimum absolute atomic E-state index is 0.234. The van der Waals surface area contributed by atoms with Gasteiger partial charge in [-0.25, -0.2) is 0 Å². The summed E-state index contributed by atoms with van der Waals surface area (Å²) in [6.07, 6.45) is 6.54. The molecule has 0 aliphatic carbocycles. The zero-order valence-electron chi connectivity index (χ0n) is 12.7. The fraction of sp³-hybridized carbons (Fsp3) is 0.714. The van der Waals surface area contributed by atoms with Crippen molar-refractivity contribution >= 4 is 17.3 Å². The van der Waals surface area contributed by atoms with Gasteiger partial charge in [0.05, 0.1) is 25.0 Å². The van der Waals surface area contributed by atoms with E-state index in [1.165, 1.54) is 0 Å². The Morgan fingerprint density at radius 1 is 1.40 bits per heavy atom. The van der Waals surface area contributed by atoms with Crippen LogP contribution in [-0.2, 0) is 0 Å². The van der Waals surface area contributed by atoms with E-state index in [0.717, 1.165) is 61.8 Å². The third kappa shape index (κ3) is 4.52. The number of hydrogen-bond acceptors (Lipinski definition) is 5. The van der Waals surface area contributed by atoms with Gasteiger partial charge in [0.25, 0.3) is 5.88 Å². The highest BCUT2D eigenvalue weighted by molar-refractivity contribution is 6.99. The van der Waals surface area contributed by atoms with E-state index in [1.807, 2.05) is 0 Å². The summed E-state index contributed by atoms with van der Waals surface area (Å²) in [5.41, 5.74) is 1.93. The van der Waals surface area contributed by atoms with Gasteiger partial charge in [-0.3, -0.25) is 4.39 Å². The van der Waals surface area contributed by atoms with Gasteiger partial charge in [0, 0.05) is 14.5 Å². The first-order valence-electron chi connectivity index (χ1n) is 7.78. The van der Waals surface area contributed by atoms with E-state index in [4.69, 9.17) is 6.11 Å². The van der Waals surface area contributed by atoms with Crippen molar-refractivity contribution < 1.29 is 10.5 Å². The maximum atomic E-state index is 12.0. The highest BCUT2D eigenvalue weighted by Gasteiger charge is 2.18. The molecule has 0 radical (unpaired) electrons. The van der Waals surface area contributed by atoms with E-state index < -0.39 is 0 Å². The monoisotopic (exact) mass is 300 g/mol. The summed E-state index contributed by atoms with van der Waals surface area (Å²) in [7, 11) is 0.305. The van der Waals surface area contributed by atoms with Crippen molar-refractivity contribution in [1.82, 2.24) is 13.6 Å². The van der Waals surface area contributed by atoms with Crippen LogP contribution in [0, 0.1) is 0 Å². The normalized spacial score (nSPS) is 16.9. The molecule has 0 unspecified atom stereocenters. The van der Waals surface area contributed by atoms with Gasteiger partial charge in [-0.2, -0.15) is 4.37 Å². The van der Waals surface area contributed by atoms with Crippen LogP contribution in [-0.4, -0.2) is 47.0 Å². The Kier molecular flexibility index (Phi) is 5.80. The molecule has 4 nitrogen and oxygen atoms in total. The van der Waals surface area contributed by atoms with Crippen LogP contribution >= 0.6 is 11.7 Å². The third-order valence-corrected chi connectivity index (χ3v) is 3.77. The van der Waals surface area contributed by atoms with E-state index in [0.29, 0.717) is 25.9 Å². The van der Waals surface area contributed by atoms with Gasteiger partial charge in [-0.15, -0.1) is 4.37 Å². The van der Waals surface area contributed by atoms with E-state index in [9.17, 15) is 4.39 Å². The summed E-state index contributed by atoms with van der Waals surface area (Å²) in [6, 6.07) is 0. The van der Waals surface area contributed by atoms with Crippen molar-refractivity contribution in [3.8, 4) is 5.88 Å². The highest BCUT2D eigenvalue weighted by Crippen LogP contribution is 2.27. The number of ether oxygens (including phenoxy) is 1. The van der Waals surface area contributed by atoms with Crippen LogP contribution in [0.3, 0.4) is 0 Å². The molecule has 0 bridgehead atoms. The molecule has 0 atom stereocenters. The highest BCUT2D eigenvalue weighted by atomic mass is 32.1. The van der Waals surface area contributed by atoms with Gasteiger partial charge >= 0.3 is 0 Å². The molecule has 0 saturated carbocycles. The molecule has 0 spiro atoms. The number of nitrogens with zero attached hydrogens (tertiary/aromatic N) is 3. The SMILES string of the molecule is [2H]CN1CCC=C(c2nsnc2OCCCCCCF)C1. The molecule has 20 heavy (non-hydrogen) atoms. The lowest BCUT2D eigenvalue weighted by molar-refractivity contribution is 0.293. The van der Waals surface area contributed by atoms with Gasteiger partial charge in [0.2, 0.25) is 0 Å². The molecule has 0 aromatic carbocycles. The van der Waals surface area contributed by atoms with Gasteiger partial charge in [-0.05, 0) is 38.3 Å². The standard InChI is InChI=1S/C14H22FN3OS/c1-18-9-6-7-12(11-18)13-14(17-20-16-13)19-10-5-3-2-4-8-15/h7H,2-6,8-11H2,1H3/i1D. The Hall–Kier alpha value is -1.01. The molecule has 2 rings (SSSR count). The van der Waals surface area contributed by atoms with E-state index in [1.54, 1.807) is 0 Å². The average Bonchev–Trinajstić information content (AvgIpc) is 2.99. The molecule has 2 heterocycles. The summed E-state index contributed by atoms with van der Waals surface area (Å²) in [6.45, 7) is 2.03. The lowest BCUT2D eigenvalue weighted by Gasteiger charge is -2.22. The van der Waals surface area contributed by atoms with Crippen molar-refractivity contribution in [3.05, 3.63) is 11.8 Å². The lowest BCUT2D eigenvalue weighted by atomic mass is 10.1. The first kappa shape index (κ1) is 13.9. The van der Waals surface area contributed by atoms with Crippen LogP contribution in [0.2, 0.25) is 0 Å². The Morgan fingerprint density at radius 3 is 3.15 bits per heavy atom. The Morgan fingerprint density at radius 2 is 2.30 bits per heavy atom. The Balaban J connectivity index is 1.83. The lowest BCUT2D eigenvalue weighted by Crippen LogP contribution is -2.25. The second kappa shape index (κ2) is 8.32. The minimum Gasteiger partial charge on any atom is -0.475 e. The molecule has 0 amide bonds. The topological polar surface area (TPSA) is 38.2 Å². The fourth-order valence-electron chi connectivity index (χ4n) is 2.17. The third-order valence-electron chi connectivity index (χ3n) is 3.26. The largest absolute Gasteiger partial charge is 0.475 e. The first-order chi connectivity index (χ1) is 10.3. The molecule has 1 aromatic rings. The number of hydrogen-bond donors (Lipinski definition) is 0. The number of rotatable bonds is 8. The second-order valence-electron chi connectivity index (χ2n) is 4.94. The quantitative estimate of drug-likeness (QED) is 0.691. The average molecular weight is 300 g/mol. The maximum Gasteiger partial charge on any atom is 0.253 e. The summed E-state index contributed by atoms with van der Waals surface area (Å²) in [5, 5.41) is 0. The molecule has 112 valence electrons. The van der Waals surface area contributed by atoms with Crippen molar-refractivity contribution in [3.63, 3.8) is 0 Å². The van der Waals surface area contributed by atoms with Gasteiger partial charge in [-0.1, -0.05) is 12.5 Å². The van der Waals surface area contributed by atoms with Crippen LogP contribution < -0.4 is 4.74 Å². The summed E-state index contributed by atoms with van der Waals surface area (Å²) >= 11 is 1.16. The van der Waals surface area contributed by atoms with Crippen LogP contribution in [0.1, 0.15) is 39.2 Å².